The number of hydrogen-bond acceptors (Lipinski definition) is 3. The van der Waals surface area contributed by atoms with Crippen molar-refractivity contribution in [2.24, 2.45) is 0 Å². The summed E-state index contributed by atoms with van der Waals surface area (Å²) >= 11 is 0. The second-order valence-electron chi connectivity index (χ2n) is 4.91. The van der Waals surface area contributed by atoms with Crippen molar-refractivity contribution in [2.75, 3.05) is 26.3 Å². The maximum absolute atomic E-state index is 8.61. The SMILES string of the molecule is CCC(C)c1ccc(OCCCCNCCO)cc1. The van der Waals surface area contributed by atoms with E-state index in [0.717, 1.165) is 31.7 Å². The fourth-order valence-corrected chi connectivity index (χ4v) is 1.87. The molecule has 108 valence electrons. The Kier molecular flexibility index (Phi) is 8.26. The summed E-state index contributed by atoms with van der Waals surface area (Å²) in [5, 5.41) is 11.8. The molecule has 0 fully saturated rings. The molecule has 1 aromatic rings. The number of hydrogen-bond donors (Lipinski definition) is 2. The van der Waals surface area contributed by atoms with E-state index in [9.17, 15) is 0 Å². The van der Waals surface area contributed by atoms with Gasteiger partial charge in [0.1, 0.15) is 5.75 Å². The first-order chi connectivity index (χ1) is 9.27. The molecule has 0 aromatic heterocycles. The normalized spacial score (nSPS) is 12.4. The molecule has 1 rings (SSSR count). The predicted molar refractivity (Wildman–Crippen MR) is 79.8 cm³/mol. The van der Waals surface area contributed by atoms with Crippen LogP contribution in [0.4, 0.5) is 0 Å². The van der Waals surface area contributed by atoms with Gasteiger partial charge < -0.3 is 15.2 Å². The molecule has 2 N–H and O–H groups in total. The van der Waals surface area contributed by atoms with Crippen LogP contribution in [0.5, 0.6) is 5.75 Å². The zero-order valence-corrected chi connectivity index (χ0v) is 12.2. The van der Waals surface area contributed by atoms with Crippen LogP contribution < -0.4 is 10.1 Å². The highest BCUT2D eigenvalue weighted by molar-refractivity contribution is 5.29. The van der Waals surface area contributed by atoms with E-state index in [1.807, 2.05) is 0 Å². The minimum Gasteiger partial charge on any atom is -0.494 e. The van der Waals surface area contributed by atoms with Gasteiger partial charge in [-0.1, -0.05) is 26.0 Å². The molecule has 0 spiro atoms. The number of ether oxygens (including phenoxy) is 1. The van der Waals surface area contributed by atoms with E-state index in [-0.39, 0.29) is 6.61 Å². The number of benzene rings is 1. The fourth-order valence-electron chi connectivity index (χ4n) is 1.87. The van der Waals surface area contributed by atoms with Gasteiger partial charge in [-0.3, -0.25) is 0 Å². The Balaban J connectivity index is 2.16. The molecule has 0 saturated carbocycles. The van der Waals surface area contributed by atoms with Crippen LogP contribution >= 0.6 is 0 Å². The first-order valence-corrected chi connectivity index (χ1v) is 7.32. The number of aliphatic hydroxyl groups excluding tert-OH is 1. The molecular formula is C16H27NO2. The minimum atomic E-state index is 0.207. The van der Waals surface area contributed by atoms with Crippen LogP contribution in [0, 0.1) is 0 Å². The van der Waals surface area contributed by atoms with Crippen LogP contribution in [0.15, 0.2) is 24.3 Å². The second-order valence-corrected chi connectivity index (χ2v) is 4.91. The average molecular weight is 265 g/mol. The molecule has 0 aliphatic carbocycles. The maximum Gasteiger partial charge on any atom is 0.119 e. The van der Waals surface area contributed by atoms with E-state index in [0.29, 0.717) is 12.5 Å². The Bertz CT molecular complexity index is 324. The summed E-state index contributed by atoms with van der Waals surface area (Å²) < 4.78 is 5.70. The lowest BCUT2D eigenvalue weighted by atomic mass is 9.99. The van der Waals surface area contributed by atoms with Gasteiger partial charge in [0.25, 0.3) is 0 Å². The number of rotatable bonds is 10. The van der Waals surface area contributed by atoms with E-state index >= 15 is 0 Å². The summed E-state index contributed by atoms with van der Waals surface area (Å²) in [6.07, 6.45) is 3.28. The molecule has 0 aliphatic rings. The van der Waals surface area contributed by atoms with E-state index < -0.39 is 0 Å². The van der Waals surface area contributed by atoms with Crippen LogP contribution in [-0.4, -0.2) is 31.4 Å². The van der Waals surface area contributed by atoms with E-state index in [1.54, 1.807) is 0 Å². The minimum absolute atomic E-state index is 0.207. The summed E-state index contributed by atoms with van der Waals surface area (Å²) in [7, 11) is 0. The maximum atomic E-state index is 8.61. The molecule has 1 aromatic carbocycles. The third-order valence-corrected chi connectivity index (χ3v) is 3.37. The van der Waals surface area contributed by atoms with Crippen molar-refractivity contribution in [1.29, 1.82) is 0 Å². The quantitative estimate of drug-likeness (QED) is 0.639. The Morgan fingerprint density at radius 1 is 1.16 bits per heavy atom. The van der Waals surface area contributed by atoms with E-state index in [1.165, 1.54) is 12.0 Å². The predicted octanol–water partition coefficient (Wildman–Crippen LogP) is 2.94. The van der Waals surface area contributed by atoms with Gasteiger partial charge in [0.2, 0.25) is 0 Å². The number of nitrogens with one attached hydrogen (secondary N) is 1. The lowest BCUT2D eigenvalue weighted by Crippen LogP contribution is -2.19. The van der Waals surface area contributed by atoms with Gasteiger partial charge in [0, 0.05) is 6.54 Å². The standard InChI is InChI=1S/C16H27NO2/c1-3-14(2)15-6-8-16(9-7-15)19-13-5-4-10-17-11-12-18/h6-9,14,17-18H,3-5,10-13H2,1-2H3. The first-order valence-electron chi connectivity index (χ1n) is 7.32. The highest BCUT2D eigenvalue weighted by Crippen LogP contribution is 2.21. The zero-order valence-electron chi connectivity index (χ0n) is 12.2. The molecule has 0 amide bonds. The van der Waals surface area contributed by atoms with Gasteiger partial charge in [-0.05, 0) is 49.4 Å². The summed E-state index contributed by atoms with van der Waals surface area (Å²) in [4.78, 5) is 0. The van der Waals surface area contributed by atoms with Crippen molar-refractivity contribution in [3.63, 3.8) is 0 Å². The van der Waals surface area contributed by atoms with Crippen molar-refractivity contribution in [1.82, 2.24) is 5.32 Å². The molecule has 0 bridgehead atoms. The van der Waals surface area contributed by atoms with Crippen LogP contribution in [0.1, 0.15) is 44.6 Å². The van der Waals surface area contributed by atoms with Gasteiger partial charge in [-0.2, -0.15) is 0 Å². The van der Waals surface area contributed by atoms with Crippen molar-refractivity contribution >= 4 is 0 Å². The summed E-state index contributed by atoms with van der Waals surface area (Å²) in [6, 6.07) is 8.44. The van der Waals surface area contributed by atoms with Crippen molar-refractivity contribution in [2.45, 2.75) is 39.0 Å². The van der Waals surface area contributed by atoms with Crippen molar-refractivity contribution < 1.29 is 9.84 Å². The Labute approximate surface area is 117 Å². The highest BCUT2D eigenvalue weighted by atomic mass is 16.5. The monoisotopic (exact) mass is 265 g/mol. The van der Waals surface area contributed by atoms with Gasteiger partial charge in [0.15, 0.2) is 0 Å². The number of unbranched alkanes of at least 4 members (excludes halogenated alkanes) is 1. The van der Waals surface area contributed by atoms with E-state index in [4.69, 9.17) is 9.84 Å². The van der Waals surface area contributed by atoms with Crippen LogP contribution in [0.2, 0.25) is 0 Å². The number of aliphatic hydroxyl groups is 1. The summed E-state index contributed by atoms with van der Waals surface area (Å²) in [5.41, 5.74) is 1.38. The second kappa shape index (κ2) is 9.82. The third kappa shape index (κ3) is 6.60. The van der Waals surface area contributed by atoms with Crippen LogP contribution in [0.3, 0.4) is 0 Å². The zero-order chi connectivity index (χ0) is 13.9. The van der Waals surface area contributed by atoms with Crippen molar-refractivity contribution in [3.05, 3.63) is 29.8 Å². The highest BCUT2D eigenvalue weighted by Gasteiger charge is 2.02. The first kappa shape index (κ1) is 16.0. The Hall–Kier alpha value is -1.06. The topological polar surface area (TPSA) is 41.5 Å². The summed E-state index contributed by atoms with van der Waals surface area (Å²) in [6.45, 7) is 7.03. The average Bonchev–Trinajstić information content (AvgIpc) is 2.46. The van der Waals surface area contributed by atoms with Crippen LogP contribution in [-0.2, 0) is 0 Å². The molecule has 1 unspecified atom stereocenters. The van der Waals surface area contributed by atoms with Crippen molar-refractivity contribution in [3.8, 4) is 5.75 Å². The molecule has 19 heavy (non-hydrogen) atoms. The molecule has 0 heterocycles. The van der Waals surface area contributed by atoms with Gasteiger partial charge >= 0.3 is 0 Å². The molecular weight excluding hydrogens is 238 g/mol. The molecule has 0 radical (unpaired) electrons. The molecule has 3 nitrogen and oxygen atoms in total. The van der Waals surface area contributed by atoms with Gasteiger partial charge in [0.05, 0.1) is 13.2 Å². The molecule has 0 saturated heterocycles. The smallest absolute Gasteiger partial charge is 0.119 e. The largest absolute Gasteiger partial charge is 0.494 e. The van der Waals surface area contributed by atoms with Crippen LogP contribution in [0.25, 0.3) is 0 Å². The lowest BCUT2D eigenvalue weighted by Gasteiger charge is -2.10. The van der Waals surface area contributed by atoms with E-state index in [2.05, 4.69) is 43.4 Å². The third-order valence-electron chi connectivity index (χ3n) is 3.37. The Morgan fingerprint density at radius 3 is 2.53 bits per heavy atom. The summed E-state index contributed by atoms with van der Waals surface area (Å²) in [5.74, 6) is 1.57. The fraction of sp³-hybridized carbons (Fsp3) is 0.625. The molecule has 3 heteroatoms. The van der Waals surface area contributed by atoms with Gasteiger partial charge in [-0.15, -0.1) is 0 Å². The Morgan fingerprint density at radius 2 is 1.89 bits per heavy atom. The molecule has 1 atom stereocenters. The van der Waals surface area contributed by atoms with Gasteiger partial charge in [-0.25, -0.2) is 0 Å². The lowest BCUT2D eigenvalue weighted by molar-refractivity contribution is 0.286. The molecule has 0 aliphatic heterocycles.